The number of carbonyl (C=O) groups is 1. The molecule has 1 unspecified atom stereocenters. The van der Waals surface area contributed by atoms with Crippen molar-refractivity contribution in [2.24, 2.45) is 0 Å². The molecule has 1 fully saturated rings. The lowest BCUT2D eigenvalue weighted by Gasteiger charge is -2.16. The van der Waals surface area contributed by atoms with Crippen molar-refractivity contribution in [3.05, 3.63) is 0 Å². The Labute approximate surface area is 72.8 Å². The Balaban J connectivity index is 2.68. The standard InChI is InChI=1S/C6H10O7/c7-1-2(8)6(12)13-4(1)3(9)5(10)11/h1-4,6-9,12H,(H,10,11)/t1-,2+,3+,4+,6?/m1/s1. The minimum Gasteiger partial charge on any atom is -0.479 e. The lowest BCUT2D eigenvalue weighted by atomic mass is 10.1. The lowest BCUT2D eigenvalue weighted by molar-refractivity contribution is -0.170. The van der Waals surface area contributed by atoms with Gasteiger partial charge >= 0.3 is 5.97 Å². The third-order valence-electron chi connectivity index (χ3n) is 1.84. The molecule has 13 heavy (non-hydrogen) atoms. The quantitative estimate of drug-likeness (QED) is 0.314. The Kier molecular flexibility index (Phi) is 2.84. The molecule has 7 nitrogen and oxygen atoms in total. The van der Waals surface area contributed by atoms with Crippen LogP contribution in [0.2, 0.25) is 0 Å². The number of aliphatic carboxylic acids is 1. The summed E-state index contributed by atoms with van der Waals surface area (Å²) >= 11 is 0. The van der Waals surface area contributed by atoms with Crippen LogP contribution in [0.25, 0.3) is 0 Å². The van der Waals surface area contributed by atoms with E-state index >= 15 is 0 Å². The predicted molar refractivity (Wildman–Crippen MR) is 36.5 cm³/mol. The molecular formula is C6H10O7. The highest BCUT2D eigenvalue weighted by molar-refractivity contribution is 5.72. The Hall–Kier alpha value is -0.730. The zero-order chi connectivity index (χ0) is 10.2. The van der Waals surface area contributed by atoms with Crippen molar-refractivity contribution in [3.8, 4) is 0 Å². The van der Waals surface area contributed by atoms with Crippen molar-refractivity contribution in [2.75, 3.05) is 0 Å². The Morgan fingerprint density at radius 1 is 1.23 bits per heavy atom. The molecule has 0 aliphatic carbocycles. The number of aliphatic hydroxyl groups is 4. The summed E-state index contributed by atoms with van der Waals surface area (Å²) in [6.45, 7) is 0. The van der Waals surface area contributed by atoms with Crippen LogP contribution in [0.3, 0.4) is 0 Å². The Bertz CT molecular complexity index is 205. The normalized spacial score (nSPS) is 41.8. The topological polar surface area (TPSA) is 127 Å². The molecule has 1 aliphatic rings. The molecule has 0 radical (unpaired) electrons. The van der Waals surface area contributed by atoms with E-state index in [1.165, 1.54) is 0 Å². The van der Waals surface area contributed by atoms with E-state index in [1.54, 1.807) is 0 Å². The van der Waals surface area contributed by atoms with Gasteiger partial charge in [-0.1, -0.05) is 0 Å². The zero-order valence-corrected chi connectivity index (χ0v) is 6.44. The van der Waals surface area contributed by atoms with Gasteiger partial charge in [0.1, 0.15) is 18.3 Å². The first-order chi connectivity index (χ1) is 5.95. The second-order valence-corrected chi connectivity index (χ2v) is 2.76. The molecular weight excluding hydrogens is 184 g/mol. The molecule has 0 amide bonds. The molecule has 0 saturated carbocycles. The van der Waals surface area contributed by atoms with Crippen molar-refractivity contribution in [2.45, 2.75) is 30.7 Å². The number of carboxylic acid groups (broad SMARTS) is 1. The third-order valence-corrected chi connectivity index (χ3v) is 1.84. The maximum absolute atomic E-state index is 10.2. The van der Waals surface area contributed by atoms with Gasteiger partial charge in [0.2, 0.25) is 0 Å². The summed E-state index contributed by atoms with van der Waals surface area (Å²) in [6, 6.07) is 0. The fourth-order valence-electron chi connectivity index (χ4n) is 1.09. The summed E-state index contributed by atoms with van der Waals surface area (Å²) in [5, 5.41) is 44.1. The number of hydrogen-bond acceptors (Lipinski definition) is 6. The van der Waals surface area contributed by atoms with Crippen LogP contribution in [0, 0.1) is 0 Å². The van der Waals surface area contributed by atoms with Crippen LogP contribution in [-0.2, 0) is 9.53 Å². The summed E-state index contributed by atoms with van der Waals surface area (Å²) in [5.41, 5.74) is 0. The van der Waals surface area contributed by atoms with E-state index in [0.29, 0.717) is 0 Å². The number of hydrogen-bond donors (Lipinski definition) is 5. The third kappa shape index (κ3) is 1.79. The smallest absolute Gasteiger partial charge is 0.335 e. The van der Waals surface area contributed by atoms with Gasteiger partial charge < -0.3 is 30.3 Å². The molecule has 0 spiro atoms. The predicted octanol–water partition coefficient (Wildman–Crippen LogP) is -3.13. The average molecular weight is 194 g/mol. The van der Waals surface area contributed by atoms with Crippen LogP contribution < -0.4 is 0 Å². The lowest BCUT2D eigenvalue weighted by Crippen LogP contribution is -2.42. The summed E-state index contributed by atoms with van der Waals surface area (Å²) in [5.74, 6) is -1.59. The van der Waals surface area contributed by atoms with E-state index in [0.717, 1.165) is 0 Å². The van der Waals surface area contributed by atoms with Gasteiger partial charge in [-0.05, 0) is 0 Å². The summed E-state index contributed by atoms with van der Waals surface area (Å²) in [4.78, 5) is 10.2. The minimum atomic E-state index is -1.97. The number of aliphatic hydroxyl groups excluding tert-OH is 4. The molecule has 0 aromatic carbocycles. The van der Waals surface area contributed by atoms with E-state index in [9.17, 15) is 4.79 Å². The van der Waals surface area contributed by atoms with Gasteiger partial charge in [-0.2, -0.15) is 0 Å². The molecule has 5 N–H and O–H groups in total. The molecule has 0 bridgehead atoms. The fourth-order valence-corrected chi connectivity index (χ4v) is 1.09. The van der Waals surface area contributed by atoms with Gasteiger partial charge in [-0.15, -0.1) is 0 Å². The van der Waals surface area contributed by atoms with E-state index in [2.05, 4.69) is 4.74 Å². The van der Waals surface area contributed by atoms with Crippen LogP contribution in [0.15, 0.2) is 0 Å². The number of ether oxygens (including phenoxy) is 1. The summed E-state index contributed by atoms with van der Waals surface area (Å²) in [6.07, 6.45) is -8.36. The number of rotatable bonds is 2. The first kappa shape index (κ1) is 10.4. The highest BCUT2D eigenvalue weighted by Gasteiger charge is 2.47. The van der Waals surface area contributed by atoms with Crippen LogP contribution in [0.5, 0.6) is 0 Å². The highest BCUT2D eigenvalue weighted by Crippen LogP contribution is 2.22. The summed E-state index contributed by atoms with van der Waals surface area (Å²) < 4.78 is 4.43. The van der Waals surface area contributed by atoms with Crippen molar-refractivity contribution in [1.82, 2.24) is 0 Å². The van der Waals surface area contributed by atoms with Crippen LogP contribution in [-0.4, -0.2) is 62.2 Å². The first-order valence-electron chi connectivity index (χ1n) is 3.55. The molecule has 1 aliphatic heterocycles. The second-order valence-electron chi connectivity index (χ2n) is 2.76. The molecule has 0 aromatic rings. The minimum absolute atomic E-state index is 1.51. The molecule has 1 saturated heterocycles. The molecule has 0 aromatic heterocycles. The average Bonchev–Trinajstić information content (AvgIpc) is 2.31. The fraction of sp³-hybridized carbons (Fsp3) is 0.833. The van der Waals surface area contributed by atoms with Crippen molar-refractivity contribution in [1.29, 1.82) is 0 Å². The van der Waals surface area contributed by atoms with Gasteiger partial charge in [0.25, 0.3) is 0 Å². The first-order valence-corrected chi connectivity index (χ1v) is 3.55. The summed E-state index contributed by atoms with van der Waals surface area (Å²) in [7, 11) is 0. The molecule has 7 heteroatoms. The largest absolute Gasteiger partial charge is 0.479 e. The maximum Gasteiger partial charge on any atom is 0.335 e. The number of carboxylic acids is 1. The molecule has 76 valence electrons. The molecule has 5 atom stereocenters. The van der Waals surface area contributed by atoms with Crippen molar-refractivity contribution >= 4 is 5.97 Å². The van der Waals surface area contributed by atoms with E-state index in [4.69, 9.17) is 25.5 Å². The van der Waals surface area contributed by atoms with Crippen LogP contribution in [0.1, 0.15) is 0 Å². The SMILES string of the molecule is O=C(O)[C@@H](O)[C@H]1OC(O)[C@@H](O)[C@H]1O. The van der Waals surface area contributed by atoms with E-state index in [1.807, 2.05) is 0 Å². The van der Waals surface area contributed by atoms with Gasteiger partial charge in [-0.25, -0.2) is 4.79 Å². The van der Waals surface area contributed by atoms with Crippen molar-refractivity contribution < 1.29 is 35.1 Å². The van der Waals surface area contributed by atoms with Gasteiger partial charge in [-0.3, -0.25) is 0 Å². The zero-order valence-electron chi connectivity index (χ0n) is 6.44. The monoisotopic (exact) mass is 194 g/mol. The van der Waals surface area contributed by atoms with Gasteiger partial charge in [0, 0.05) is 0 Å². The Morgan fingerprint density at radius 3 is 2.08 bits per heavy atom. The van der Waals surface area contributed by atoms with Gasteiger partial charge in [0.05, 0.1) is 0 Å². The van der Waals surface area contributed by atoms with Crippen LogP contribution >= 0.6 is 0 Å². The van der Waals surface area contributed by atoms with E-state index < -0.39 is 36.7 Å². The van der Waals surface area contributed by atoms with E-state index in [-0.39, 0.29) is 0 Å². The highest BCUT2D eigenvalue weighted by atomic mass is 16.6. The molecule has 1 rings (SSSR count). The van der Waals surface area contributed by atoms with Crippen molar-refractivity contribution in [3.63, 3.8) is 0 Å². The second kappa shape index (κ2) is 3.56. The maximum atomic E-state index is 10.2. The molecule has 1 heterocycles. The Morgan fingerprint density at radius 2 is 1.77 bits per heavy atom. The van der Waals surface area contributed by atoms with Crippen LogP contribution in [0.4, 0.5) is 0 Å². The van der Waals surface area contributed by atoms with Gasteiger partial charge in [0.15, 0.2) is 12.4 Å².